The van der Waals surface area contributed by atoms with Crippen LogP contribution in [0, 0.1) is 56.2 Å². The Balaban J connectivity index is 2.25. The van der Waals surface area contributed by atoms with Crippen LogP contribution in [0.15, 0.2) is 28.7 Å². The molecule has 1 aromatic rings. The topological polar surface area (TPSA) is 145 Å². The van der Waals surface area contributed by atoms with Gasteiger partial charge in [-0.25, -0.2) is 5.84 Å². The largest absolute Gasteiger partial charge is 0.365 e. The van der Waals surface area contributed by atoms with E-state index in [1.807, 2.05) is 18.2 Å². The minimum absolute atomic E-state index is 0.317. The Morgan fingerprint density at radius 3 is 2.18 bits per heavy atom. The Morgan fingerprint density at radius 1 is 1.18 bits per heavy atom. The van der Waals surface area contributed by atoms with Gasteiger partial charge in [0.2, 0.25) is 0 Å². The second-order valence-corrected chi connectivity index (χ2v) is 6.25. The predicted molar refractivity (Wildman–Crippen MR) is 77.0 cm³/mol. The molecule has 108 valence electrons. The average molecular weight is 357 g/mol. The summed E-state index contributed by atoms with van der Waals surface area (Å²) in [5.41, 5.74) is -5.14. The number of nitriles is 3. The monoisotopic (exact) mass is 356 g/mol. The first-order valence-corrected chi connectivity index (χ1v) is 7.02. The summed E-state index contributed by atoms with van der Waals surface area (Å²) in [4.78, 5) is 0. The van der Waals surface area contributed by atoms with Crippen LogP contribution in [0.4, 0.5) is 0 Å². The smallest absolute Gasteiger partial charge is 0.186 e. The number of hydrogen-bond acceptors (Lipinski definition) is 6. The number of nitrogens with one attached hydrogen (secondary N) is 1. The summed E-state index contributed by atoms with van der Waals surface area (Å²) in [6.45, 7) is 0. The fourth-order valence-electron chi connectivity index (χ4n) is 3.44. The number of nitrogens with two attached hydrogens (primary N) is 1. The van der Waals surface area contributed by atoms with Crippen molar-refractivity contribution in [2.75, 3.05) is 0 Å². The van der Waals surface area contributed by atoms with E-state index in [-0.39, 0.29) is 0 Å². The van der Waals surface area contributed by atoms with Gasteiger partial charge in [-0.1, -0.05) is 28.1 Å². The van der Waals surface area contributed by atoms with E-state index in [0.717, 1.165) is 9.48 Å². The summed E-state index contributed by atoms with van der Waals surface area (Å²) in [6, 6.07) is 12.0. The number of benzene rings is 1. The van der Waals surface area contributed by atoms with Crippen LogP contribution in [0.25, 0.3) is 0 Å². The second-order valence-electron chi connectivity index (χ2n) is 5.34. The first kappa shape index (κ1) is 14.5. The fourth-order valence-corrected chi connectivity index (χ4v) is 3.70. The Bertz CT molecular complexity index is 802. The van der Waals surface area contributed by atoms with E-state index in [0.29, 0.717) is 5.56 Å². The summed E-state index contributed by atoms with van der Waals surface area (Å²) in [7, 11) is 0. The van der Waals surface area contributed by atoms with Crippen LogP contribution < -0.4 is 5.84 Å². The van der Waals surface area contributed by atoms with E-state index in [9.17, 15) is 20.9 Å². The maximum absolute atomic E-state index is 11.1. The van der Waals surface area contributed by atoms with Crippen molar-refractivity contribution in [3.8, 4) is 18.2 Å². The third-order valence-electron chi connectivity index (χ3n) is 4.59. The number of piperidine rings is 1. The molecular weight excluding hydrogens is 348 g/mol. The molecule has 1 heterocycles. The van der Waals surface area contributed by atoms with Crippen molar-refractivity contribution in [1.82, 2.24) is 5.01 Å². The molecule has 4 N–H and O–H groups in total. The maximum atomic E-state index is 11.1. The van der Waals surface area contributed by atoms with Gasteiger partial charge in [-0.05, 0) is 12.1 Å². The van der Waals surface area contributed by atoms with Crippen LogP contribution in [0.2, 0.25) is 0 Å². The zero-order valence-electron chi connectivity index (χ0n) is 11.1. The third kappa shape index (κ3) is 1.19. The second kappa shape index (κ2) is 4.06. The molecule has 1 aromatic carbocycles. The quantitative estimate of drug-likeness (QED) is 0.638. The highest BCUT2D eigenvalue weighted by atomic mass is 79.9. The molecule has 2 aliphatic rings. The molecule has 0 aromatic heterocycles. The number of fused-ring (bicyclic) bond motifs is 1. The molecule has 0 radical (unpaired) electrons. The van der Waals surface area contributed by atoms with Crippen LogP contribution in [-0.4, -0.2) is 16.0 Å². The lowest BCUT2D eigenvalue weighted by Crippen LogP contribution is -2.53. The number of nitrogens with zero attached hydrogens (tertiary/aromatic N) is 4. The Kier molecular flexibility index (Phi) is 2.67. The molecule has 3 atom stereocenters. The lowest BCUT2D eigenvalue weighted by atomic mass is 9.91. The van der Waals surface area contributed by atoms with Crippen molar-refractivity contribution in [2.45, 2.75) is 5.72 Å². The molecule has 0 unspecified atom stereocenters. The van der Waals surface area contributed by atoms with Gasteiger partial charge in [0.15, 0.2) is 16.6 Å². The zero-order valence-corrected chi connectivity index (χ0v) is 12.7. The van der Waals surface area contributed by atoms with Gasteiger partial charge in [0.1, 0.15) is 5.84 Å². The lowest BCUT2D eigenvalue weighted by Gasteiger charge is -2.35. The van der Waals surface area contributed by atoms with E-state index >= 15 is 0 Å². The van der Waals surface area contributed by atoms with Crippen molar-refractivity contribution in [3.05, 3.63) is 34.3 Å². The molecule has 0 bridgehead atoms. The molecular formula is C14H9BrN6O. The van der Waals surface area contributed by atoms with Gasteiger partial charge in [0.25, 0.3) is 0 Å². The van der Waals surface area contributed by atoms with Gasteiger partial charge in [0, 0.05) is 10.0 Å². The third-order valence-corrected chi connectivity index (χ3v) is 5.12. The van der Waals surface area contributed by atoms with E-state index < -0.39 is 28.3 Å². The SMILES string of the molecule is N#CC1(C#N)[C@H]2[C@]1(C#N)C(=N)N(N)[C@]2(O)c1ccc(Br)cc1. The van der Waals surface area contributed by atoms with Crippen molar-refractivity contribution in [1.29, 1.82) is 21.2 Å². The van der Waals surface area contributed by atoms with Crippen molar-refractivity contribution < 1.29 is 5.11 Å². The van der Waals surface area contributed by atoms with Crippen molar-refractivity contribution in [3.63, 3.8) is 0 Å². The molecule has 7 nitrogen and oxygen atoms in total. The molecule has 2 fully saturated rings. The highest BCUT2D eigenvalue weighted by Gasteiger charge is 2.93. The first-order chi connectivity index (χ1) is 10.4. The van der Waals surface area contributed by atoms with Crippen molar-refractivity contribution >= 4 is 21.8 Å². The maximum Gasteiger partial charge on any atom is 0.186 e. The normalized spacial score (nSPS) is 34.3. The van der Waals surface area contributed by atoms with Gasteiger partial charge >= 0.3 is 0 Å². The van der Waals surface area contributed by atoms with E-state index in [1.54, 1.807) is 24.3 Å². The summed E-state index contributed by atoms with van der Waals surface area (Å²) >= 11 is 3.27. The van der Waals surface area contributed by atoms with Crippen LogP contribution in [0.1, 0.15) is 5.56 Å². The predicted octanol–water partition coefficient (Wildman–Crippen LogP) is 0.934. The highest BCUT2D eigenvalue weighted by Crippen LogP contribution is 2.78. The Hall–Kier alpha value is -2.44. The summed E-state index contributed by atoms with van der Waals surface area (Å²) < 4.78 is 0.769. The number of halogens is 1. The fraction of sp³-hybridized carbons (Fsp3) is 0.286. The van der Waals surface area contributed by atoms with E-state index in [2.05, 4.69) is 15.9 Å². The number of rotatable bonds is 1. The zero-order chi connectivity index (χ0) is 16.3. The summed E-state index contributed by atoms with van der Waals surface area (Å²) in [6.07, 6.45) is 0. The van der Waals surface area contributed by atoms with Crippen molar-refractivity contribution in [2.24, 2.45) is 22.6 Å². The molecule has 3 rings (SSSR count). The lowest BCUT2D eigenvalue weighted by molar-refractivity contribution is -0.0929. The number of amidine groups is 1. The Labute approximate surface area is 134 Å². The molecule has 8 heteroatoms. The number of aliphatic hydroxyl groups is 1. The van der Waals surface area contributed by atoms with Crippen LogP contribution in [0.3, 0.4) is 0 Å². The molecule has 0 amide bonds. The first-order valence-electron chi connectivity index (χ1n) is 6.23. The van der Waals surface area contributed by atoms with E-state index in [1.165, 1.54) is 0 Å². The number of hydrazine groups is 1. The van der Waals surface area contributed by atoms with Gasteiger partial charge in [-0.2, -0.15) is 15.8 Å². The molecule has 1 aliphatic heterocycles. The van der Waals surface area contributed by atoms with Gasteiger partial charge in [-0.15, -0.1) is 0 Å². The molecule has 1 saturated heterocycles. The van der Waals surface area contributed by atoms with Gasteiger partial charge in [0.05, 0.1) is 24.1 Å². The van der Waals surface area contributed by atoms with E-state index in [4.69, 9.17) is 11.3 Å². The van der Waals surface area contributed by atoms with Gasteiger partial charge < -0.3 is 5.11 Å². The molecule has 0 spiro atoms. The summed E-state index contributed by atoms with van der Waals surface area (Å²) in [5, 5.41) is 48.2. The Morgan fingerprint density at radius 2 is 1.73 bits per heavy atom. The minimum Gasteiger partial charge on any atom is -0.365 e. The molecule has 1 saturated carbocycles. The molecule has 1 aliphatic carbocycles. The van der Waals surface area contributed by atoms with Crippen LogP contribution >= 0.6 is 15.9 Å². The van der Waals surface area contributed by atoms with Crippen LogP contribution in [-0.2, 0) is 5.72 Å². The standard InChI is InChI=1S/C14H9BrN6O/c15-9-3-1-8(2-4-9)14(22)10-12(5-16,6-17)13(10,7-18)11(19)21(14)20/h1-4,10,19,22H,20H2/t10-,13+,14-/m0/s1. The average Bonchev–Trinajstić information content (AvgIpc) is 3.12. The van der Waals surface area contributed by atoms with Gasteiger partial charge in [-0.3, -0.25) is 10.4 Å². The molecule has 22 heavy (non-hydrogen) atoms. The summed E-state index contributed by atoms with van der Waals surface area (Å²) in [5.74, 6) is 4.29. The minimum atomic E-state index is -1.96. The highest BCUT2D eigenvalue weighted by molar-refractivity contribution is 9.10. The van der Waals surface area contributed by atoms with Crippen LogP contribution in [0.5, 0.6) is 0 Å². The number of hydrogen-bond donors (Lipinski definition) is 3.